The molecule has 1 heterocycles. The van der Waals surface area contributed by atoms with Crippen LogP contribution in [0.25, 0.3) is 0 Å². The molecule has 1 saturated heterocycles. The molecule has 0 N–H and O–H groups in total. The average Bonchev–Trinajstić information content (AvgIpc) is 2.41. The SMILES string of the molecule is CC1CCN(C(=O)C(C)Oc2ccc(Br)cc2)CC1. The first-order valence-corrected chi connectivity index (χ1v) is 7.56. The molecule has 0 radical (unpaired) electrons. The predicted molar refractivity (Wildman–Crippen MR) is 79.2 cm³/mol. The lowest BCUT2D eigenvalue weighted by Gasteiger charge is -2.32. The zero-order chi connectivity index (χ0) is 13.8. The first kappa shape index (κ1) is 14.4. The van der Waals surface area contributed by atoms with Crippen molar-refractivity contribution >= 4 is 21.8 Å². The Morgan fingerprint density at radius 2 is 1.89 bits per heavy atom. The second-order valence-electron chi connectivity index (χ2n) is 5.22. The van der Waals surface area contributed by atoms with Crippen molar-refractivity contribution in [3.63, 3.8) is 0 Å². The normalized spacial score (nSPS) is 18.2. The van der Waals surface area contributed by atoms with Crippen LogP contribution in [0.1, 0.15) is 26.7 Å². The van der Waals surface area contributed by atoms with Gasteiger partial charge < -0.3 is 9.64 Å². The van der Waals surface area contributed by atoms with E-state index in [1.807, 2.05) is 36.1 Å². The molecule has 1 aromatic rings. The molecule has 1 unspecified atom stereocenters. The van der Waals surface area contributed by atoms with Crippen LogP contribution in [0.15, 0.2) is 28.7 Å². The molecule has 2 rings (SSSR count). The minimum absolute atomic E-state index is 0.0924. The summed E-state index contributed by atoms with van der Waals surface area (Å²) in [5, 5.41) is 0. The maximum absolute atomic E-state index is 12.3. The number of amides is 1. The van der Waals surface area contributed by atoms with Gasteiger partial charge in [-0.25, -0.2) is 0 Å². The molecule has 0 spiro atoms. The Balaban J connectivity index is 1.90. The van der Waals surface area contributed by atoms with Crippen molar-refractivity contribution in [1.82, 2.24) is 4.90 Å². The zero-order valence-electron chi connectivity index (χ0n) is 11.4. The molecule has 1 aliphatic rings. The number of halogens is 1. The molecule has 1 aromatic carbocycles. The highest BCUT2D eigenvalue weighted by molar-refractivity contribution is 9.10. The molecule has 1 atom stereocenters. The Labute approximate surface area is 123 Å². The number of likely N-dealkylation sites (tertiary alicyclic amines) is 1. The maximum Gasteiger partial charge on any atom is 0.263 e. The van der Waals surface area contributed by atoms with Gasteiger partial charge in [0.25, 0.3) is 5.91 Å². The Hall–Kier alpha value is -1.03. The second-order valence-corrected chi connectivity index (χ2v) is 6.14. The highest BCUT2D eigenvalue weighted by Gasteiger charge is 2.25. The number of hydrogen-bond acceptors (Lipinski definition) is 2. The van der Waals surface area contributed by atoms with Gasteiger partial charge in [0.15, 0.2) is 6.10 Å². The van der Waals surface area contributed by atoms with Crippen molar-refractivity contribution in [2.24, 2.45) is 5.92 Å². The molecule has 104 valence electrons. The summed E-state index contributed by atoms with van der Waals surface area (Å²) in [7, 11) is 0. The number of carbonyl (C=O) groups excluding carboxylic acids is 1. The van der Waals surface area contributed by atoms with Gasteiger partial charge in [0.05, 0.1) is 0 Å². The van der Waals surface area contributed by atoms with Gasteiger partial charge in [0, 0.05) is 17.6 Å². The number of piperidine rings is 1. The van der Waals surface area contributed by atoms with E-state index in [-0.39, 0.29) is 5.91 Å². The van der Waals surface area contributed by atoms with E-state index in [2.05, 4.69) is 22.9 Å². The maximum atomic E-state index is 12.3. The number of nitrogens with zero attached hydrogens (tertiary/aromatic N) is 1. The minimum Gasteiger partial charge on any atom is -0.481 e. The van der Waals surface area contributed by atoms with Gasteiger partial charge in [-0.1, -0.05) is 22.9 Å². The predicted octanol–water partition coefficient (Wildman–Crippen LogP) is 3.47. The highest BCUT2D eigenvalue weighted by Crippen LogP contribution is 2.20. The molecule has 1 aliphatic heterocycles. The standard InChI is InChI=1S/C15H20BrNO2/c1-11-7-9-17(10-8-11)15(18)12(2)19-14-5-3-13(16)4-6-14/h3-6,11-12H,7-10H2,1-2H3. The minimum atomic E-state index is -0.422. The number of benzene rings is 1. The van der Waals surface area contributed by atoms with Crippen molar-refractivity contribution in [3.05, 3.63) is 28.7 Å². The zero-order valence-corrected chi connectivity index (χ0v) is 13.0. The quantitative estimate of drug-likeness (QED) is 0.851. The van der Waals surface area contributed by atoms with Crippen LogP contribution in [0.2, 0.25) is 0 Å². The van der Waals surface area contributed by atoms with Crippen LogP contribution >= 0.6 is 15.9 Å². The Morgan fingerprint density at radius 3 is 2.47 bits per heavy atom. The topological polar surface area (TPSA) is 29.5 Å². The first-order chi connectivity index (χ1) is 9.06. The van der Waals surface area contributed by atoms with Gasteiger partial charge in [-0.15, -0.1) is 0 Å². The largest absolute Gasteiger partial charge is 0.481 e. The summed E-state index contributed by atoms with van der Waals surface area (Å²) < 4.78 is 6.70. The van der Waals surface area contributed by atoms with E-state index in [0.717, 1.165) is 42.1 Å². The van der Waals surface area contributed by atoms with Gasteiger partial charge in [0.2, 0.25) is 0 Å². The molecule has 0 aromatic heterocycles. The van der Waals surface area contributed by atoms with Gasteiger partial charge in [-0.2, -0.15) is 0 Å². The molecule has 0 bridgehead atoms. The number of rotatable bonds is 3. The van der Waals surface area contributed by atoms with E-state index in [4.69, 9.17) is 4.74 Å². The van der Waals surface area contributed by atoms with Crippen LogP contribution < -0.4 is 4.74 Å². The number of hydrogen-bond donors (Lipinski definition) is 0. The Morgan fingerprint density at radius 1 is 1.32 bits per heavy atom. The highest BCUT2D eigenvalue weighted by atomic mass is 79.9. The third kappa shape index (κ3) is 3.96. The fourth-order valence-electron chi connectivity index (χ4n) is 2.25. The molecule has 19 heavy (non-hydrogen) atoms. The van der Waals surface area contributed by atoms with Gasteiger partial charge in [-0.3, -0.25) is 4.79 Å². The lowest BCUT2D eigenvalue weighted by Crippen LogP contribution is -2.44. The molecule has 1 fully saturated rings. The van der Waals surface area contributed by atoms with Crippen LogP contribution in [0.4, 0.5) is 0 Å². The average molecular weight is 326 g/mol. The smallest absolute Gasteiger partial charge is 0.263 e. The number of ether oxygens (including phenoxy) is 1. The van der Waals surface area contributed by atoms with Gasteiger partial charge in [-0.05, 0) is 49.9 Å². The van der Waals surface area contributed by atoms with Crippen molar-refractivity contribution in [2.45, 2.75) is 32.8 Å². The lowest BCUT2D eigenvalue weighted by molar-refractivity contribution is -0.139. The molecule has 0 saturated carbocycles. The van der Waals surface area contributed by atoms with Crippen LogP contribution in [-0.2, 0) is 4.79 Å². The van der Waals surface area contributed by atoms with E-state index < -0.39 is 6.10 Å². The van der Waals surface area contributed by atoms with Crippen LogP contribution in [0.5, 0.6) is 5.75 Å². The van der Waals surface area contributed by atoms with E-state index in [9.17, 15) is 4.79 Å². The van der Waals surface area contributed by atoms with Crippen molar-refractivity contribution in [2.75, 3.05) is 13.1 Å². The van der Waals surface area contributed by atoms with Crippen molar-refractivity contribution in [1.29, 1.82) is 0 Å². The summed E-state index contributed by atoms with van der Waals surface area (Å²) in [5.41, 5.74) is 0. The molecular weight excluding hydrogens is 306 g/mol. The fraction of sp³-hybridized carbons (Fsp3) is 0.533. The van der Waals surface area contributed by atoms with Gasteiger partial charge >= 0.3 is 0 Å². The lowest BCUT2D eigenvalue weighted by atomic mass is 9.99. The Kier molecular flexibility index (Phi) is 4.86. The Bertz CT molecular complexity index is 424. The summed E-state index contributed by atoms with van der Waals surface area (Å²) in [6.45, 7) is 5.77. The molecule has 3 nitrogen and oxygen atoms in total. The van der Waals surface area contributed by atoms with E-state index in [1.54, 1.807) is 0 Å². The first-order valence-electron chi connectivity index (χ1n) is 6.77. The molecule has 0 aliphatic carbocycles. The molecular formula is C15H20BrNO2. The van der Waals surface area contributed by atoms with E-state index in [0.29, 0.717) is 0 Å². The van der Waals surface area contributed by atoms with Crippen LogP contribution in [0, 0.1) is 5.92 Å². The monoisotopic (exact) mass is 325 g/mol. The molecule has 1 amide bonds. The van der Waals surface area contributed by atoms with Crippen LogP contribution in [-0.4, -0.2) is 30.0 Å². The van der Waals surface area contributed by atoms with Crippen molar-refractivity contribution < 1.29 is 9.53 Å². The second kappa shape index (κ2) is 6.42. The number of carbonyl (C=O) groups is 1. The van der Waals surface area contributed by atoms with Gasteiger partial charge in [0.1, 0.15) is 5.75 Å². The van der Waals surface area contributed by atoms with E-state index >= 15 is 0 Å². The summed E-state index contributed by atoms with van der Waals surface area (Å²) in [4.78, 5) is 14.2. The third-order valence-corrected chi connectivity index (χ3v) is 4.10. The summed E-state index contributed by atoms with van der Waals surface area (Å²) in [6, 6.07) is 7.56. The van der Waals surface area contributed by atoms with Crippen LogP contribution in [0.3, 0.4) is 0 Å². The summed E-state index contributed by atoms with van der Waals surface area (Å²) in [6.07, 6.45) is 1.77. The molecule has 4 heteroatoms. The summed E-state index contributed by atoms with van der Waals surface area (Å²) >= 11 is 3.38. The third-order valence-electron chi connectivity index (χ3n) is 3.57. The fourth-order valence-corrected chi connectivity index (χ4v) is 2.52. The summed E-state index contributed by atoms with van der Waals surface area (Å²) in [5.74, 6) is 1.55. The van der Waals surface area contributed by atoms with E-state index in [1.165, 1.54) is 0 Å². The van der Waals surface area contributed by atoms with Crippen molar-refractivity contribution in [3.8, 4) is 5.75 Å².